The van der Waals surface area contributed by atoms with E-state index in [1.54, 1.807) is 0 Å². The van der Waals surface area contributed by atoms with E-state index in [2.05, 4.69) is 92.5 Å². The molecule has 0 fully saturated rings. The maximum atomic E-state index is 4.98. The fourth-order valence-electron chi connectivity index (χ4n) is 4.82. The van der Waals surface area contributed by atoms with Crippen molar-refractivity contribution in [2.24, 2.45) is 0 Å². The molecule has 0 unspecified atom stereocenters. The lowest BCUT2D eigenvalue weighted by molar-refractivity contribution is 0.830. The smallest absolute Gasteiger partial charge is 0.229 e. The zero-order chi connectivity index (χ0) is 21.5. The highest BCUT2D eigenvalue weighted by atomic mass is 15.2. The molecule has 4 heteroatoms. The number of aryl methyl sites for hydroxylation is 4. The number of nitrogens with zero attached hydrogens (tertiary/aromatic N) is 3. The quantitative estimate of drug-likeness (QED) is 0.438. The number of hydrogen-bond donors (Lipinski definition) is 1. The van der Waals surface area contributed by atoms with Crippen LogP contribution >= 0.6 is 0 Å². The van der Waals surface area contributed by atoms with Gasteiger partial charge in [0.2, 0.25) is 5.95 Å². The van der Waals surface area contributed by atoms with Gasteiger partial charge in [0.1, 0.15) is 5.82 Å². The van der Waals surface area contributed by atoms with E-state index in [-0.39, 0.29) is 0 Å². The van der Waals surface area contributed by atoms with Gasteiger partial charge in [0.05, 0.1) is 0 Å². The molecule has 0 spiro atoms. The van der Waals surface area contributed by atoms with Crippen LogP contribution in [0.3, 0.4) is 0 Å². The average molecular weight is 409 g/mol. The Morgan fingerprint density at radius 2 is 1.65 bits per heavy atom. The molecule has 31 heavy (non-hydrogen) atoms. The largest absolute Gasteiger partial charge is 0.352 e. The average Bonchev–Trinajstić information content (AvgIpc) is 3.14. The van der Waals surface area contributed by atoms with Crippen molar-refractivity contribution < 1.29 is 0 Å². The number of nitrogens with one attached hydrogen (secondary N) is 1. The van der Waals surface area contributed by atoms with Crippen LogP contribution in [0.5, 0.6) is 0 Å². The Kier molecular flexibility index (Phi) is 4.85. The van der Waals surface area contributed by atoms with E-state index in [1.807, 2.05) is 0 Å². The molecule has 1 aliphatic heterocycles. The lowest BCUT2D eigenvalue weighted by Gasteiger charge is -2.21. The zero-order valence-corrected chi connectivity index (χ0v) is 18.7. The van der Waals surface area contributed by atoms with Gasteiger partial charge in [0, 0.05) is 30.0 Å². The van der Waals surface area contributed by atoms with Crippen LogP contribution in [0.1, 0.15) is 33.5 Å². The van der Waals surface area contributed by atoms with E-state index in [0.717, 1.165) is 36.7 Å². The SMILES string of the molecule is Cc1cc(C)c(Nc2nc(C)c3c(n2)N(Cc2cccc4ccccc24)CC3)c(C)c1. The Bertz CT molecular complexity index is 1260. The Hall–Kier alpha value is -3.40. The second kappa shape index (κ2) is 7.69. The summed E-state index contributed by atoms with van der Waals surface area (Å²) in [5.74, 6) is 1.74. The summed E-state index contributed by atoms with van der Waals surface area (Å²) >= 11 is 0. The summed E-state index contributed by atoms with van der Waals surface area (Å²) in [6, 6.07) is 19.6. The molecule has 1 N–H and O–H groups in total. The Labute approximate surface area is 184 Å². The third kappa shape index (κ3) is 3.63. The molecule has 0 saturated carbocycles. The van der Waals surface area contributed by atoms with Gasteiger partial charge in [-0.15, -0.1) is 0 Å². The fourth-order valence-corrected chi connectivity index (χ4v) is 4.82. The van der Waals surface area contributed by atoms with Gasteiger partial charge >= 0.3 is 0 Å². The molecule has 0 aliphatic carbocycles. The molecular formula is C27H28N4. The maximum Gasteiger partial charge on any atom is 0.229 e. The first-order chi connectivity index (χ1) is 15.0. The van der Waals surface area contributed by atoms with E-state index in [9.17, 15) is 0 Å². The van der Waals surface area contributed by atoms with Gasteiger partial charge < -0.3 is 10.2 Å². The minimum atomic E-state index is 0.677. The van der Waals surface area contributed by atoms with Crippen LogP contribution in [0.2, 0.25) is 0 Å². The van der Waals surface area contributed by atoms with Gasteiger partial charge in [0.15, 0.2) is 0 Å². The number of aromatic nitrogens is 2. The van der Waals surface area contributed by atoms with Crippen molar-refractivity contribution in [1.82, 2.24) is 9.97 Å². The fraction of sp³-hybridized carbons (Fsp3) is 0.259. The van der Waals surface area contributed by atoms with Crippen LogP contribution in [0, 0.1) is 27.7 Å². The molecular weight excluding hydrogens is 380 g/mol. The van der Waals surface area contributed by atoms with Crippen molar-refractivity contribution in [2.75, 3.05) is 16.8 Å². The van der Waals surface area contributed by atoms with Gasteiger partial charge in [-0.1, -0.05) is 60.2 Å². The second-order valence-electron chi connectivity index (χ2n) is 8.64. The highest BCUT2D eigenvalue weighted by Gasteiger charge is 2.25. The normalized spacial score (nSPS) is 13.0. The van der Waals surface area contributed by atoms with Crippen molar-refractivity contribution in [2.45, 2.75) is 40.7 Å². The van der Waals surface area contributed by atoms with Crippen molar-refractivity contribution in [1.29, 1.82) is 0 Å². The highest BCUT2D eigenvalue weighted by molar-refractivity contribution is 5.86. The minimum Gasteiger partial charge on any atom is -0.352 e. The van der Waals surface area contributed by atoms with Crippen LogP contribution in [0.4, 0.5) is 17.5 Å². The predicted octanol–water partition coefficient (Wildman–Crippen LogP) is 6.17. The number of rotatable bonds is 4. The molecule has 0 radical (unpaired) electrons. The van der Waals surface area contributed by atoms with E-state index in [1.165, 1.54) is 38.6 Å². The molecule has 5 rings (SSSR count). The van der Waals surface area contributed by atoms with E-state index in [4.69, 9.17) is 9.97 Å². The molecule has 156 valence electrons. The summed E-state index contributed by atoms with van der Waals surface area (Å²) in [6.45, 7) is 10.3. The van der Waals surface area contributed by atoms with Gasteiger partial charge in [-0.05, 0) is 61.6 Å². The van der Waals surface area contributed by atoms with Crippen LogP contribution < -0.4 is 10.2 Å². The van der Waals surface area contributed by atoms with Crippen LogP contribution in [-0.2, 0) is 13.0 Å². The van der Waals surface area contributed by atoms with Gasteiger partial charge in [-0.25, -0.2) is 4.98 Å². The standard InChI is InChI=1S/C27H28N4/c1-17-14-18(2)25(19(3)15-17)29-27-28-20(4)23-12-13-31(26(23)30-27)16-22-10-7-9-21-8-5-6-11-24(21)22/h5-11,14-15H,12-13,16H2,1-4H3,(H,28,29,30). The molecule has 4 aromatic rings. The van der Waals surface area contributed by atoms with Crippen molar-refractivity contribution >= 4 is 28.2 Å². The van der Waals surface area contributed by atoms with E-state index in [0.29, 0.717) is 5.95 Å². The molecule has 1 aromatic heterocycles. The topological polar surface area (TPSA) is 41.1 Å². The third-order valence-electron chi connectivity index (χ3n) is 6.28. The first-order valence-corrected chi connectivity index (χ1v) is 10.9. The number of hydrogen-bond acceptors (Lipinski definition) is 4. The monoisotopic (exact) mass is 408 g/mol. The number of anilines is 3. The molecule has 2 heterocycles. The van der Waals surface area contributed by atoms with Crippen molar-refractivity contribution in [3.8, 4) is 0 Å². The van der Waals surface area contributed by atoms with Crippen LogP contribution in [-0.4, -0.2) is 16.5 Å². The number of benzene rings is 3. The lowest BCUT2D eigenvalue weighted by Crippen LogP contribution is -2.21. The predicted molar refractivity (Wildman–Crippen MR) is 129 cm³/mol. The Morgan fingerprint density at radius 3 is 2.45 bits per heavy atom. The van der Waals surface area contributed by atoms with Gasteiger partial charge in [-0.3, -0.25) is 0 Å². The summed E-state index contributed by atoms with van der Waals surface area (Å²) in [5.41, 5.74) is 8.47. The molecule has 1 aliphatic rings. The molecule has 0 bridgehead atoms. The van der Waals surface area contributed by atoms with Crippen LogP contribution in [0.15, 0.2) is 54.6 Å². The second-order valence-corrected chi connectivity index (χ2v) is 8.64. The maximum absolute atomic E-state index is 4.98. The van der Waals surface area contributed by atoms with Gasteiger partial charge in [-0.2, -0.15) is 4.98 Å². The summed E-state index contributed by atoms with van der Waals surface area (Å²) in [5, 5.41) is 6.10. The zero-order valence-electron chi connectivity index (χ0n) is 18.7. The highest BCUT2D eigenvalue weighted by Crippen LogP contribution is 2.33. The van der Waals surface area contributed by atoms with E-state index < -0.39 is 0 Å². The first-order valence-electron chi connectivity index (χ1n) is 10.9. The summed E-state index contributed by atoms with van der Waals surface area (Å²) < 4.78 is 0. The molecule has 0 saturated heterocycles. The molecule has 3 aromatic carbocycles. The summed E-state index contributed by atoms with van der Waals surface area (Å²) in [4.78, 5) is 12.2. The van der Waals surface area contributed by atoms with Crippen LogP contribution in [0.25, 0.3) is 10.8 Å². The lowest BCUT2D eigenvalue weighted by atomic mass is 10.0. The summed E-state index contributed by atoms with van der Waals surface area (Å²) in [6.07, 6.45) is 0.995. The number of fused-ring (bicyclic) bond motifs is 2. The first kappa shape index (κ1) is 19.6. The Balaban J connectivity index is 1.49. The Morgan fingerprint density at radius 1 is 0.903 bits per heavy atom. The summed E-state index contributed by atoms with van der Waals surface area (Å²) in [7, 11) is 0. The van der Waals surface area contributed by atoms with Crippen molar-refractivity contribution in [3.63, 3.8) is 0 Å². The molecule has 4 nitrogen and oxygen atoms in total. The minimum absolute atomic E-state index is 0.677. The molecule has 0 amide bonds. The van der Waals surface area contributed by atoms with Gasteiger partial charge in [0.25, 0.3) is 0 Å². The van der Waals surface area contributed by atoms with E-state index >= 15 is 0 Å². The van der Waals surface area contributed by atoms with Crippen molar-refractivity contribution in [3.05, 3.63) is 88.1 Å². The molecule has 0 atom stereocenters. The third-order valence-corrected chi connectivity index (χ3v) is 6.28.